The molecule has 18 heavy (non-hydrogen) atoms. The SMILES string of the molecule is C=CC[C@@H](Cc1ccccc1)C(=O)OC(C)(C)C. The van der Waals surface area contributed by atoms with Gasteiger partial charge in [-0.15, -0.1) is 6.58 Å². The van der Waals surface area contributed by atoms with E-state index in [0.717, 1.165) is 5.56 Å². The summed E-state index contributed by atoms with van der Waals surface area (Å²) in [5, 5.41) is 0. The van der Waals surface area contributed by atoms with Crippen LogP contribution in [0.25, 0.3) is 0 Å². The van der Waals surface area contributed by atoms with Crippen molar-refractivity contribution in [2.45, 2.75) is 39.2 Å². The van der Waals surface area contributed by atoms with Gasteiger partial charge in [-0.25, -0.2) is 0 Å². The maximum Gasteiger partial charge on any atom is 0.310 e. The number of carbonyl (C=O) groups is 1. The van der Waals surface area contributed by atoms with Crippen LogP contribution in [0.15, 0.2) is 43.0 Å². The van der Waals surface area contributed by atoms with Crippen molar-refractivity contribution in [3.05, 3.63) is 48.6 Å². The second-order valence-electron chi connectivity index (χ2n) is 5.44. The Labute approximate surface area is 110 Å². The molecule has 0 fully saturated rings. The van der Waals surface area contributed by atoms with E-state index in [4.69, 9.17) is 4.74 Å². The molecule has 1 atom stereocenters. The van der Waals surface area contributed by atoms with Gasteiger partial charge >= 0.3 is 5.97 Å². The van der Waals surface area contributed by atoms with Crippen LogP contribution in [0.4, 0.5) is 0 Å². The van der Waals surface area contributed by atoms with Crippen LogP contribution in [-0.4, -0.2) is 11.6 Å². The Bertz CT molecular complexity index is 387. The molecular formula is C16H22O2. The van der Waals surface area contributed by atoms with E-state index < -0.39 is 5.60 Å². The van der Waals surface area contributed by atoms with Gasteiger partial charge in [0.05, 0.1) is 5.92 Å². The number of ether oxygens (including phenoxy) is 1. The monoisotopic (exact) mass is 246 g/mol. The lowest BCUT2D eigenvalue weighted by atomic mass is 9.96. The fourth-order valence-electron chi connectivity index (χ4n) is 1.75. The van der Waals surface area contributed by atoms with E-state index in [9.17, 15) is 4.79 Å². The minimum Gasteiger partial charge on any atom is -0.460 e. The van der Waals surface area contributed by atoms with Crippen LogP contribution in [-0.2, 0) is 16.0 Å². The summed E-state index contributed by atoms with van der Waals surface area (Å²) < 4.78 is 5.44. The molecule has 2 nitrogen and oxygen atoms in total. The predicted octanol–water partition coefficient (Wildman–Crippen LogP) is 3.76. The maximum atomic E-state index is 12.1. The molecule has 1 aromatic rings. The molecule has 2 heteroatoms. The average Bonchev–Trinajstić information content (AvgIpc) is 2.27. The van der Waals surface area contributed by atoms with Crippen molar-refractivity contribution in [3.63, 3.8) is 0 Å². The maximum absolute atomic E-state index is 12.1. The van der Waals surface area contributed by atoms with Gasteiger partial charge in [0, 0.05) is 0 Å². The van der Waals surface area contributed by atoms with Gasteiger partial charge in [0.2, 0.25) is 0 Å². The summed E-state index contributed by atoms with van der Waals surface area (Å²) >= 11 is 0. The Hall–Kier alpha value is -1.57. The number of benzene rings is 1. The van der Waals surface area contributed by atoms with E-state index >= 15 is 0 Å². The van der Waals surface area contributed by atoms with Gasteiger partial charge in [-0.3, -0.25) is 4.79 Å². The second kappa shape index (κ2) is 6.39. The molecule has 0 radical (unpaired) electrons. The molecule has 0 N–H and O–H groups in total. The van der Waals surface area contributed by atoms with Crippen molar-refractivity contribution in [1.82, 2.24) is 0 Å². The van der Waals surface area contributed by atoms with Crippen molar-refractivity contribution >= 4 is 5.97 Å². The van der Waals surface area contributed by atoms with E-state index in [-0.39, 0.29) is 11.9 Å². The quantitative estimate of drug-likeness (QED) is 0.584. The summed E-state index contributed by atoms with van der Waals surface area (Å²) in [5.41, 5.74) is 0.711. The van der Waals surface area contributed by atoms with E-state index in [1.807, 2.05) is 51.1 Å². The summed E-state index contributed by atoms with van der Waals surface area (Å²) in [7, 11) is 0. The van der Waals surface area contributed by atoms with Crippen LogP contribution in [0, 0.1) is 5.92 Å². The minimum atomic E-state index is -0.437. The molecule has 0 heterocycles. The first-order valence-electron chi connectivity index (χ1n) is 6.30. The molecule has 0 aromatic heterocycles. The van der Waals surface area contributed by atoms with Crippen LogP contribution in [0.3, 0.4) is 0 Å². The van der Waals surface area contributed by atoms with Crippen molar-refractivity contribution in [3.8, 4) is 0 Å². The smallest absolute Gasteiger partial charge is 0.310 e. The Morgan fingerprint density at radius 2 is 1.94 bits per heavy atom. The first kappa shape index (κ1) is 14.5. The number of hydrogen-bond donors (Lipinski definition) is 0. The average molecular weight is 246 g/mol. The third-order valence-electron chi connectivity index (χ3n) is 2.52. The largest absolute Gasteiger partial charge is 0.460 e. The highest BCUT2D eigenvalue weighted by atomic mass is 16.6. The van der Waals surface area contributed by atoms with Crippen LogP contribution in [0.5, 0.6) is 0 Å². The van der Waals surface area contributed by atoms with Crippen LogP contribution >= 0.6 is 0 Å². The van der Waals surface area contributed by atoms with Crippen LogP contribution < -0.4 is 0 Å². The topological polar surface area (TPSA) is 26.3 Å². The fraction of sp³-hybridized carbons (Fsp3) is 0.438. The van der Waals surface area contributed by atoms with E-state index in [0.29, 0.717) is 12.8 Å². The summed E-state index contributed by atoms with van der Waals surface area (Å²) in [6, 6.07) is 9.99. The lowest BCUT2D eigenvalue weighted by molar-refractivity contribution is -0.159. The highest BCUT2D eigenvalue weighted by Gasteiger charge is 2.24. The van der Waals surface area contributed by atoms with Crippen molar-refractivity contribution in [2.24, 2.45) is 5.92 Å². The van der Waals surface area contributed by atoms with E-state index in [1.54, 1.807) is 6.08 Å². The molecule has 0 aliphatic carbocycles. The lowest BCUT2D eigenvalue weighted by Crippen LogP contribution is -2.29. The normalized spacial score (nSPS) is 12.8. The molecule has 98 valence electrons. The Morgan fingerprint density at radius 3 is 2.44 bits per heavy atom. The van der Waals surface area contributed by atoms with Crippen LogP contribution in [0.1, 0.15) is 32.8 Å². The molecule has 0 saturated carbocycles. The molecule has 1 aromatic carbocycles. The number of esters is 1. The van der Waals surface area contributed by atoms with Gasteiger partial charge < -0.3 is 4.74 Å². The summed E-state index contributed by atoms with van der Waals surface area (Å²) in [6.07, 6.45) is 3.11. The number of rotatable bonds is 5. The molecule has 0 aliphatic rings. The summed E-state index contributed by atoms with van der Waals surface area (Å²) in [6.45, 7) is 9.38. The number of hydrogen-bond acceptors (Lipinski definition) is 2. The second-order valence-corrected chi connectivity index (χ2v) is 5.44. The third kappa shape index (κ3) is 5.17. The molecule has 0 aliphatic heterocycles. The predicted molar refractivity (Wildman–Crippen MR) is 74.3 cm³/mol. The molecule has 0 bridgehead atoms. The first-order valence-corrected chi connectivity index (χ1v) is 6.30. The van der Waals surface area contributed by atoms with Gasteiger partial charge in [0.25, 0.3) is 0 Å². The molecular weight excluding hydrogens is 224 g/mol. The van der Waals surface area contributed by atoms with Gasteiger partial charge in [-0.1, -0.05) is 36.4 Å². The Kier molecular flexibility index (Phi) is 5.14. The minimum absolute atomic E-state index is 0.147. The zero-order valence-electron chi connectivity index (χ0n) is 11.5. The van der Waals surface area contributed by atoms with Gasteiger partial charge in [-0.05, 0) is 39.2 Å². The standard InChI is InChI=1S/C16H22O2/c1-5-9-14(15(17)18-16(2,3)4)12-13-10-7-6-8-11-13/h5-8,10-11,14H,1,9,12H2,2-4H3/t14-/m0/s1. The molecule has 0 unspecified atom stereocenters. The Balaban J connectivity index is 2.71. The lowest BCUT2D eigenvalue weighted by Gasteiger charge is -2.23. The third-order valence-corrected chi connectivity index (χ3v) is 2.52. The number of allylic oxidation sites excluding steroid dienone is 1. The van der Waals surface area contributed by atoms with E-state index in [1.165, 1.54) is 0 Å². The number of carbonyl (C=O) groups excluding carboxylic acids is 1. The zero-order chi connectivity index (χ0) is 13.6. The van der Waals surface area contributed by atoms with Crippen molar-refractivity contribution < 1.29 is 9.53 Å². The fourth-order valence-corrected chi connectivity index (χ4v) is 1.75. The highest BCUT2D eigenvalue weighted by molar-refractivity contribution is 5.73. The van der Waals surface area contributed by atoms with Gasteiger partial charge in [0.1, 0.15) is 5.60 Å². The zero-order valence-corrected chi connectivity index (χ0v) is 11.5. The summed E-state index contributed by atoms with van der Waals surface area (Å²) in [4.78, 5) is 12.1. The Morgan fingerprint density at radius 1 is 1.33 bits per heavy atom. The van der Waals surface area contributed by atoms with Crippen molar-refractivity contribution in [1.29, 1.82) is 0 Å². The highest BCUT2D eigenvalue weighted by Crippen LogP contribution is 2.18. The molecule has 0 spiro atoms. The van der Waals surface area contributed by atoms with E-state index in [2.05, 4.69) is 6.58 Å². The first-order chi connectivity index (χ1) is 8.42. The van der Waals surface area contributed by atoms with Gasteiger partial charge in [0.15, 0.2) is 0 Å². The summed E-state index contributed by atoms with van der Waals surface area (Å²) in [5.74, 6) is -0.296. The molecule has 0 amide bonds. The van der Waals surface area contributed by atoms with Crippen LogP contribution in [0.2, 0.25) is 0 Å². The van der Waals surface area contributed by atoms with Gasteiger partial charge in [-0.2, -0.15) is 0 Å². The van der Waals surface area contributed by atoms with Crippen molar-refractivity contribution in [2.75, 3.05) is 0 Å². The molecule has 0 saturated heterocycles. The molecule has 1 rings (SSSR count).